The molecule has 4 nitrogen and oxygen atoms in total. The maximum Gasteiger partial charge on any atom is 0.250 e. The van der Waals surface area contributed by atoms with Gasteiger partial charge in [0.25, 0.3) is 10.0 Å². The summed E-state index contributed by atoms with van der Waals surface area (Å²) >= 11 is 0. The van der Waals surface area contributed by atoms with Crippen LogP contribution in [0.25, 0.3) is 0 Å². The second-order valence-corrected chi connectivity index (χ2v) is 2.80. The highest BCUT2D eigenvalue weighted by atomic mass is 32.2. The minimum Gasteiger partial charge on any atom is -0.293 e. The molecule has 0 aliphatic heterocycles. The first-order chi connectivity index (χ1) is 2.94. The van der Waals surface area contributed by atoms with Gasteiger partial charge in [-0.3, -0.25) is 5.41 Å². The summed E-state index contributed by atoms with van der Waals surface area (Å²) in [5, 5.41) is 10.4. The molecule has 0 amide bonds. The van der Waals surface area contributed by atoms with Gasteiger partial charge in [0, 0.05) is 0 Å². The van der Waals surface area contributed by atoms with Crippen molar-refractivity contribution in [3.63, 3.8) is 0 Å². The van der Waals surface area contributed by atoms with Crippen molar-refractivity contribution in [3.8, 4) is 0 Å². The summed E-state index contributed by atoms with van der Waals surface area (Å²) in [6.45, 7) is 1.12. The number of hydrogen-bond donors (Lipinski definition) is 2. The Bertz CT molecular complexity index is 168. The molecular formula is C2H6N2O2S. The lowest BCUT2D eigenvalue weighted by Crippen LogP contribution is -2.19. The number of nitrogens with two attached hydrogens (primary N) is 1. The standard InChI is InChI=1S/C2H6N2O2S/c1-2(3)7(4,5)6/h3H,1H3,(H2,4,5,6). The SMILES string of the molecule is CC(=N)S(N)(=O)=O. The Kier molecular flexibility index (Phi) is 1.49. The van der Waals surface area contributed by atoms with E-state index in [4.69, 9.17) is 5.41 Å². The Hall–Kier alpha value is -0.420. The third-order valence-corrected chi connectivity index (χ3v) is 1.28. The quantitative estimate of drug-likeness (QED) is 0.328. The second-order valence-electron chi connectivity index (χ2n) is 1.10. The lowest BCUT2D eigenvalue weighted by molar-refractivity contribution is 0.608. The Morgan fingerprint density at radius 2 is 1.86 bits per heavy atom. The zero-order valence-electron chi connectivity index (χ0n) is 3.80. The van der Waals surface area contributed by atoms with Gasteiger partial charge in [0.1, 0.15) is 5.04 Å². The molecule has 7 heavy (non-hydrogen) atoms. The molecule has 0 aromatic carbocycles. The van der Waals surface area contributed by atoms with E-state index in [1.807, 2.05) is 0 Å². The van der Waals surface area contributed by atoms with Crippen molar-refractivity contribution in [2.75, 3.05) is 0 Å². The molecular weight excluding hydrogens is 116 g/mol. The third-order valence-electron chi connectivity index (χ3n) is 0.427. The minimum absolute atomic E-state index is 0.507. The predicted octanol–water partition coefficient (Wildman–Crippen LogP) is -0.728. The molecule has 0 spiro atoms. The van der Waals surface area contributed by atoms with E-state index < -0.39 is 15.1 Å². The average molecular weight is 122 g/mol. The van der Waals surface area contributed by atoms with Crippen LogP contribution in [-0.2, 0) is 10.0 Å². The molecule has 3 N–H and O–H groups in total. The van der Waals surface area contributed by atoms with E-state index in [-0.39, 0.29) is 0 Å². The maximum absolute atomic E-state index is 9.88. The van der Waals surface area contributed by atoms with Gasteiger partial charge in [0.2, 0.25) is 0 Å². The van der Waals surface area contributed by atoms with Gasteiger partial charge in [0.15, 0.2) is 0 Å². The number of hydrogen-bond acceptors (Lipinski definition) is 3. The molecule has 0 atom stereocenters. The fourth-order valence-corrected chi connectivity index (χ4v) is 0. The molecule has 0 heterocycles. The van der Waals surface area contributed by atoms with Crippen molar-refractivity contribution >= 4 is 15.1 Å². The summed E-state index contributed by atoms with van der Waals surface area (Å²) in [4.78, 5) is 0. The van der Waals surface area contributed by atoms with E-state index in [2.05, 4.69) is 5.14 Å². The highest BCUT2D eigenvalue weighted by Crippen LogP contribution is 1.75. The van der Waals surface area contributed by atoms with E-state index in [1.165, 1.54) is 0 Å². The van der Waals surface area contributed by atoms with Gasteiger partial charge in [-0.25, -0.2) is 13.6 Å². The van der Waals surface area contributed by atoms with Crippen LogP contribution < -0.4 is 5.14 Å². The largest absolute Gasteiger partial charge is 0.293 e. The zero-order chi connectivity index (χ0) is 6.08. The van der Waals surface area contributed by atoms with Crippen LogP contribution in [0.1, 0.15) is 6.92 Å². The summed E-state index contributed by atoms with van der Waals surface area (Å²) in [6.07, 6.45) is 0. The molecule has 0 unspecified atom stereocenters. The smallest absolute Gasteiger partial charge is 0.250 e. The Morgan fingerprint density at radius 3 is 1.86 bits per heavy atom. The van der Waals surface area contributed by atoms with Crippen molar-refractivity contribution in [1.82, 2.24) is 0 Å². The highest BCUT2D eigenvalue weighted by molar-refractivity contribution is 8.04. The van der Waals surface area contributed by atoms with Crippen LogP contribution in [0.5, 0.6) is 0 Å². The molecule has 0 saturated carbocycles. The first-order valence-electron chi connectivity index (χ1n) is 1.52. The molecule has 0 radical (unpaired) electrons. The van der Waals surface area contributed by atoms with Gasteiger partial charge in [-0.1, -0.05) is 0 Å². The molecule has 0 aliphatic rings. The lowest BCUT2D eigenvalue weighted by atomic mass is 10.9. The predicted molar refractivity (Wildman–Crippen MR) is 26.5 cm³/mol. The molecule has 0 aliphatic carbocycles. The van der Waals surface area contributed by atoms with Crippen molar-refractivity contribution in [1.29, 1.82) is 5.41 Å². The molecule has 42 valence electrons. The number of primary sulfonamides is 1. The second kappa shape index (κ2) is 1.59. The first kappa shape index (κ1) is 6.58. The van der Waals surface area contributed by atoms with Crippen LogP contribution in [-0.4, -0.2) is 13.5 Å². The molecule has 0 aromatic rings. The van der Waals surface area contributed by atoms with E-state index in [0.29, 0.717) is 0 Å². The Morgan fingerprint density at radius 1 is 1.71 bits per heavy atom. The molecule has 0 rings (SSSR count). The van der Waals surface area contributed by atoms with E-state index in [9.17, 15) is 8.42 Å². The van der Waals surface area contributed by atoms with E-state index in [0.717, 1.165) is 6.92 Å². The monoisotopic (exact) mass is 122 g/mol. The van der Waals surface area contributed by atoms with Crippen molar-refractivity contribution < 1.29 is 8.42 Å². The molecule has 0 aromatic heterocycles. The first-order valence-corrected chi connectivity index (χ1v) is 3.07. The minimum atomic E-state index is -3.66. The fourth-order valence-electron chi connectivity index (χ4n) is 0. The normalized spacial score (nSPS) is 11.1. The molecule has 0 fully saturated rings. The van der Waals surface area contributed by atoms with Crippen LogP contribution in [0.3, 0.4) is 0 Å². The van der Waals surface area contributed by atoms with Gasteiger partial charge in [-0.15, -0.1) is 0 Å². The van der Waals surface area contributed by atoms with Crippen molar-refractivity contribution in [2.24, 2.45) is 5.14 Å². The Labute approximate surface area is 41.9 Å². The number of sulfonamides is 1. The molecule has 5 heteroatoms. The van der Waals surface area contributed by atoms with Crippen molar-refractivity contribution in [3.05, 3.63) is 0 Å². The van der Waals surface area contributed by atoms with E-state index >= 15 is 0 Å². The summed E-state index contributed by atoms with van der Waals surface area (Å²) < 4.78 is 19.8. The average Bonchev–Trinajstić information content (AvgIpc) is 1.31. The maximum atomic E-state index is 9.88. The number of rotatable bonds is 0. The van der Waals surface area contributed by atoms with Gasteiger partial charge >= 0.3 is 0 Å². The van der Waals surface area contributed by atoms with Crippen LogP contribution in [0.15, 0.2) is 0 Å². The number of nitrogens with one attached hydrogen (secondary N) is 1. The van der Waals surface area contributed by atoms with E-state index in [1.54, 1.807) is 0 Å². The van der Waals surface area contributed by atoms with Gasteiger partial charge < -0.3 is 0 Å². The van der Waals surface area contributed by atoms with Crippen molar-refractivity contribution in [2.45, 2.75) is 6.92 Å². The Balaban J connectivity index is 4.43. The van der Waals surface area contributed by atoms with Crippen LogP contribution >= 0.6 is 0 Å². The fraction of sp³-hybridized carbons (Fsp3) is 0.500. The van der Waals surface area contributed by atoms with Gasteiger partial charge in [-0.2, -0.15) is 0 Å². The highest BCUT2D eigenvalue weighted by Gasteiger charge is 2.01. The molecule has 0 bridgehead atoms. The third kappa shape index (κ3) is 2.30. The molecule has 0 saturated heterocycles. The topological polar surface area (TPSA) is 84.0 Å². The van der Waals surface area contributed by atoms with Gasteiger partial charge in [0.05, 0.1) is 0 Å². The zero-order valence-corrected chi connectivity index (χ0v) is 4.62. The van der Waals surface area contributed by atoms with Crippen LogP contribution in [0.4, 0.5) is 0 Å². The lowest BCUT2D eigenvalue weighted by Gasteiger charge is -1.85. The summed E-state index contributed by atoms with van der Waals surface area (Å²) in [7, 11) is -3.66. The van der Waals surface area contributed by atoms with Crippen LogP contribution in [0, 0.1) is 5.41 Å². The van der Waals surface area contributed by atoms with Gasteiger partial charge in [-0.05, 0) is 6.92 Å². The van der Waals surface area contributed by atoms with Crippen LogP contribution in [0.2, 0.25) is 0 Å². The summed E-state index contributed by atoms with van der Waals surface area (Å²) in [6, 6.07) is 0. The summed E-state index contributed by atoms with van der Waals surface area (Å²) in [5.74, 6) is 0. The summed E-state index contributed by atoms with van der Waals surface area (Å²) in [5.41, 5.74) is 0.